The minimum Gasteiger partial charge on any atom is -0.515 e. The number of hydrogen-bond donors (Lipinski definition) is 4. The van der Waals surface area contributed by atoms with Crippen LogP contribution < -0.4 is 0 Å². The number of fused-ring (bicyclic) bond motifs is 1. The van der Waals surface area contributed by atoms with Crippen LogP contribution in [0.1, 0.15) is 60.3 Å². The minimum atomic E-state index is -1.97. The van der Waals surface area contributed by atoms with Gasteiger partial charge in [0.15, 0.2) is 11.6 Å². The van der Waals surface area contributed by atoms with Crippen LogP contribution in [0.3, 0.4) is 0 Å². The van der Waals surface area contributed by atoms with E-state index in [1.807, 2.05) is 0 Å². The van der Waals surface area contributed by atoms with E-state index in [2.05, 4.69) is 0 Å². The molecule has 0 aromatic carbocycles. The summed E-state index contributed by atoms with van der Waals surface area (Å²) in [6.07, 6.45) is 4.78. The van der Waals surface area contributed by atoms with Crippen LogP contribution in [0.15, 0.2) is 24.0 Å². The van der Waals surface area contributed by atoms with Gasteiger partial charge in [0.25, 0.3) is 0 Å². The molecule has 0 amide bonds. The molecule has 2 rings (SSSR count). The number of carbonyl (C=O) groups excluding carboxylic acids is 3. The van der Waals surface area contributed by atoms with Gasteiger partial charge >= 0.3 is 11.9 Å². The minimum absolute atomic E-state index is 0.0859. The van der Waals surface area contributed by atoms with Crippen LogP contribution in [0, 0.1) is 35.5 Å². The molecule has 0 spiro atoms. The molecule has 2 fully saturated rings. The van der Waals surface area contributed by atoms with Crippen molar-refractivity contribution in [2.75, 3.05) is 6.61 Å². The average molecular weight is 494 g/mol. The Hall–Kier alpha value is -2.52. The molecule has 0 saturated heterocycles. The fourth-order valence-corrected chi connectivity index (χ4v) is 6.17. The quantitative estimate of drug-likeness (QED) is 0.215. The number of aliphatic carboxylic acids is 1. The first-order chi connectivity index (χ1) is 16.1. The second kappa shape index (κ2) is 10.6. The van der Waals surface area contributed by atoms with Crippen molar-refractivity contribution < 1.29 is 44.3 Å². The van der Waals surface area contributed by atoms with Crippen molar-refractivity contribution >= 4 is 23.5 Å². The molecule has 0 heterocycles. The SMILES string of the molecule is CC[C@@H](COC(=O)C/C(C)=C/C(=O)O)[C@@H]1[C@](C)(C(=O)/C=C\O)[C@H]2[CH]C[C@@](C)(O)C[C@@H]2C(=O)[C@@]1(C)O. The fraction of sp³-hybridized carbons (Fsp3) is 0.654. The van der Waals surface area contributed by atoms with Gasteiger partial charge in [-0.2, -0.15) is 0 Å². The van der Waals surface area contributed by atoms with E-state index in [9.17, 15) is 34.5 Å². The number of allylic oxidation sites excluding steroid dienone is 1. The van der Waals surface area contributed by atoms with Crippen molar-refractivity contribution in [3.05, 3.63) is 30.4 Å². The number of carbonyl (C=O) groups is 4. The third-order valence-corrected chi connectivity index (χ3v) is 7.69. The lowest BCUT2D eigenvalue weighted by atomic mass is 9.44. The monoisotopic (exact) mass is 493 g/mol. The number of ketones is 2. The molecule has 1 radical (unpaired) electrons. The molecule has 7 atom stereocenters. The van der Waals surface area contributed by atoms with Gasteiger partial charge in [0, 0.05) is 29.4 Å². The summed E-state index contributed by atoms with van der Waals surface area (Å²) in [7, 11) is 0. The fourth-order valence-electron chi connectivity index (χ4n) is 6.17. The molecule has 0 aromatic heterocycles. The van der Waals surface area contributed by atoms with Gasteiger partial charge in [-0.05, 0) is 58.3 Å². The Morgan fingerprint density at radius 3 is 2.40 bits per heavy atom. The second-order valence-corrected chi connectivity index (χ2v) is 10.6. The van der Waals surface area contributed by atoms with Gasteiger partial charge in [-0.3, -0.25) is 14.4 Å². The predicted molar refractivity (Wildman–Crippen MR) is 126 cm³/mol. The van der Waals surface area contributed by atoms with Gasteiger partial charge in [-0.15, -0.1) is 0 Å². The van der Waals surface area contributed by atoms with Gasteiger partial charge in [-0.25, -0.2) is 4.79 Å². The first-order valence-corrected chi connectivity index (χ1v) is 11.8. The number of Topliss-reactive ketones (excluding diaryl/α,β-unsaturated/α-hetero) is 1. The highest BCUT2D eigenvalue weighted by atomic mass is 16.5. The average Bonchev–Trinajstić information content (AvgIpc) is 2.73. The summed E-state index contributed by atoms with van der Waals surface area (Å²) in [5.41, 5.74) is -4.15. The van der Waals surface area contributed by atoms with Crippen molar-refractivity contribution in [2.45, 2.75) is 71.5 Å². The molecule has 4 N–H and O–H groups in total. The lowest BCUT2D eigenvalue weighted by molar-refractivity contribution is -0.194. The molecule has 2 aliphatic rings. The number of esters is 1. The van der Waals surface area contributed by atoms with Crippen molar-refractivity contribution in [3.63, 3.8) is 0 Å². The topological polar surface area (TPSA) is 158 Å². The lowest BCUT2D eigenvalue weighted by Gasteiger charge is -2.59. The summed E-state index contributed by atoms with van der Waals surface area (Å²) in [5.74, 6) is -5.75. The summed E-state index contributed by atoms with van der Waals surface area (Å²) in [5, 5.41) is 40.4. The van der Waals surface area contributed by atoms with Crippen molar-refractivity contribution in [1.29, 1.82) is 0 Å². The largest absolute Gasteiger partial charge is 0.515 e. The maximum absolute atomic E-state index is 13.5. The van der Waals surface area contributed by atoms with Crippen LogP contribution in [0.4, 0.5) is 0 Å². The molecule has 9 heteroatoms. The first-order valence-electron chi connectivity index (χ1n) is 11.8. The number of ether oxygens (including phenoxy) is 1. The number of aliphatic hydroxyl groups is 3. The van der Waals surface area contributed by atoms with E-state index in [0.717, 1.165) is 12.2 Å². The second-order valence-electron chi connectivity index (χ2n) is 10.6. The van der Waals surface area contributed by atoms with Crippen LogP contribution in [-0.4, -0.2) is 61.7 Å². The van der Waals surface area contributed by atoms with E-state index in [4.69, 9.17) is 9.84 Å². The summed E-state index contributed by atoms with van der Waals surface area (Å²) >= 11 is 0. The van der Waals surface area contributed by atoms with E-state index < -0.39 is 63.8 Å². The molecule has 0 aromatic rings. The highest BCUT2D eigenvalue weighted by Crippen LogP contribution is 2.59. The summed E-state index contributed by atoms with van der Waals surface area (Å²) < 4.78 is 5.41. The molecule has 35 heavy (non-hydrogen) atoms. The Balaban J connectivity index is 2.45. The van der Waals surface area contributed by atoms with Crippen LogP contribution in [0.5, 0.6) is 0 Å². The van der Waals surface area contributed by atoms with E-state index in [1.54, 1.807) is 27.2 Å². The van der Waals surface area contributed by atoms with Gasteiger partial charge < -0.3 is 25.2 Å². The number of carboxylic acid groups (broad SMARTS) is 1. The number of aliphatic hydroxyl groups excluding tert-OH is 1. The van der Waals surface area contributed by atoms with Crippen LogP contribution >= 0.6 is 0 Å². The normalized spacial score (nSPS) is 36.5. The van der Waals surface area contributed by atoms with Gasteiger partial charge in [0.2, 0.25) is 0 Å². The van der Waals surface area contributed by atoms with E-state index >= 15 is 0 Å². The zero-order chi connectivity index (χ0) is 26.8. The van der Waals surface area contributed by atoms with E-state index in [0.29, 0.717) is 18.3 Å². The molecular weight excluding hydrogens is 456 g/mol. The molecule has 0 bridgehead atoms. The van der Waals surface area contributed by atoms with Crippen molar-refractivity contribution in [1.82, 2.24) is 0 Å². The van der Waals surface area contributed by atoms with E-state index in [1.165, 1.54) is 13.8 Å². The van der Waals surface area contributed by atoms with Gasteiger partial charge in [0.1, 0.15) is 5.60 Å². The summed E-state index contributed by atoms with van der Waals surface area (Å²) in [6.45, 7) is 7.71. The molecule has 0 aliphatic heterocycles. The highest BCUT2D eigenvalue weighted by molar-refractivity contribution is 6.00. The maximum atomic E-state index is 13.5. The molecule has 9 nitrogen and oxygen atoms in total. The Labute approximate surface area is 205 Å². The lowest BCUT2D eigenvalue weighted by Crippen LogP contribution is -2.68. The van der Waals surface area contributed by atoms with E-state index in [-0.39, 0.29) is 25.9 Å². The molecule has 2 saturated carbocycles. The predicted octanol–water partition coefficient (Wildman–Crippen LogP) is 2.56. The summed E-state index contributed by atoms with van der Waals surface area (Å²) in [6, 6.07) is 0. The van der Waals surface area contributed by atoms with Gasteiger partial charge in [0.05, 0.1) is 24.9 Å². The standard InChI is InChI=1S/C26H37O9/c1-6-16(14-35-21(31)12-15(2)11-20(29)30)22-25(4,19(28)8-10-27)18-7-9-24(3,33)13-17(18)23(32)26(22,5)34/h7-8,10-11,16-18,22,27,33-34H,6,9,12-14H2,1-5H3,(H,29,30)/b10-8-,15-11+/t16-,17-,18-,22+,24+,25-,26-/m0/s1. The number of rotatable bonds is 9. The van der Waals surface area contributed by atoms with Gasteiger partial charge in [-0.1, -0.05) is 19.4 Å². The molecular formula is C26H37O9. The van der Waals surface area contributed by atoms with Crippen LogP contribution in [-0.2, 0) is 23.9 Å². The van der Waals surface area contributed by atoms with Crippen molar-refractivity contribution in [2.24, 2.45) is 29.1 Å². The van der Waals surface area contributed by atoms with Crippen LogP contribution in [0.25, 0.3) is 0 Å². The smallest absolute Gasteiger partial charge is 0.328 e. The number of carboxylic acids is 1. The highest BCUT2D eigenvalue weighted by Gasteiger charge is 2.66. The third-order valence-electron chi connectivity index (χ3n) is 7.69. The van der Waals surface area contributed by atoms with Crippen LogP contribution in [0.2, 0.25) is 0 Å². The Morgan fingerprint density at radius 1 is 1.23 bits per heavy atom. The summed E-state index contributed by atoms with van der Waals surface area (Å²) in [4.78, 5) is 50.1. The molecule has 195 valence electrons. The Kier molecular flexibility index (Phi) is 8.71. The third kappa shape index (κ3) is 5.83. The maximum Gasteiger partial charge on any atom is 0.328 e. The Bertz CT molecular complexity index is 914. The molecule has 2 aliphatic carbocycles. The first kappa shape index (κ1) is 28.7. The molecule has 0 unspecified atom stereocenters. The zero-order valence-corrected chi connectivity index (χ0v) is 21.0. The number of hydrogen-bond acceptors (Lipinski definition) is 8. The Morgan fingerprint density at radius 2 is 1.86 bits per heavy atom. The van der Waals surface area contributed by atoms with Crippen molar-refractivity contribution in [3.8, 4) is 0 Å². The zero-order valence-electron chi connectivity index (χ0n) is 21.0.